The fourth-order valence-corrected chi connectivity index (χ4v) is 1.50. The van der Waals surface area contributed by atoms with Crippen LogP contribution < -0.4 is 5.32 Å². The highest BCUT2D eigenvalue weighted by Gasteiger charge is 2.11. The van der Waals surface area contributed by atoms with Gasteiger partial charge in [0.05, 0.1) is 28.4 Å². The van der Waals surface area contributed by atoms with Crippen LogP contribution >= 0.6 is 15.9 Å². The summed E-state index contributed by atoms with van der Waals surface area (Å²) in [6, 6.07) is 4.70. The first-order valence-corrected chi connectivity index (χ1v) is 5.30. The molecule has 1 atom stereocenters. The Morgan fingerprint density at radius 1 is 1.56 bits per heavy atom. The Morgan fingerprint density at radius 2 is 2.25 bits per heavy atom. The first-order valence-electron chi connectivity index (χ1n) is 4.51. The molecule has 0 saturated heterocycles. The molecule has 0 saturated carbocycles. The Kier molecular flexibility index (Phi) is 4.68. The first kappa shape index (κ1) is 12.9. The fraction of sp³-hybridized carbons (Fsp3) is 0.300. The molecule has 4 nitrogen and oxygen atoms in total. The molecule has 1 unspecified atom stereocenters. The molecule has 0 heterocycles. The topological polar surface area (TPSA) is 76.3 Å². The van der Waals surface area contributed by atoms with E-state index in [-0.39, 0.29) is 22.3 Å². The van der Waals surface area contributed by atoms with Crippen molar-refractivity contribution in [2.24, 2.45) is 0 Å². The molecular formula is C10H10BrFN2O2. The zero-order valence-electron chi connectivity index (χ0n) is 8.24. The molecule has 0 amide bonds. The molecule has 1 aromatic carbocycles. The van der Waals surface area contributed by atoms with Gasteiger partial charge in [0.1, 0.15) is 6.07 Å². The van der Waals surface area contributed by atoms with Crippen molar-refractivity contribution in [2.75, 3.05) is 18.5 Å². The van der Waals surface area contributed by atoms with Crippen molar-refractivity contribution in [3.05, 3.63) is 28.0 Å². The summed E-state index contributed by atoms with van der Waals surface area (Å²) < 4.78 is 13.7. The molecule has 3 N–H and O–H groups in total. The van der Waals surface area contributed by atoms with Crippen LogP contribution in [0.3, 0.4) is 0 Å². The third-order valence-corrected chi connectivity index (χ3v) is 2.72. The molecule has 1 aromatic rings. The third kappa shape index (κ3) is 2.92. The lowest BCUT2D eigenvalue weighted by atomic mass is 10.2. The highest BCUT2D eigenvalue weighted by Crippen LogP contribution is 2.26. The van der Waals surface area contributed by atoms with Gasteiger partial charge in [0.25, 0.3) is 0 Å². The maximum Gasteiger partial charge on any atom is 0.161 e. The number of nitriles is 1. The van der Waals surface area contributed by atoms with E-state index < -0.39 is 18.5 Å². The SMILES string of the molecule is N#Cc1ccc(NCC(O)CO)c(F)c1Br. The average molecular weight is 289 g/mol. The second-order valence-corrected chi connectivity index (χ2v) is 3.91. The van der Waals surface area contributed by atoms with Gasteiger partial charge in [0, 0.05) is 6.54 Å². The molecule has 0 aliphatic heterocycles. The van der Waals surface area contributed by atoms with Crippen LogP contribution in [0, 0.1) is 17.1 Å². The highest BCUT2D eigenvalue weighted by atomic mass is 79.9. The number of nitrogens with zero attached hydrogens (tertiary/aromatic N) is 1. The summed E-state index contributed by atoms with van der Waals surface area (Å²) in [5, 5.41) is 28.9. The van der Waals surface area contributed by atoms with Gasteiger partial charge in [-0.05, 0) is 28.1 Å². The van der Waals surface area contributed by atoms with Crippen LogP contribution in [-0.4, -0.2) is 29.5 Å². The Bertz CT molecular complexity index is 420. The third-order valence-electron chi connectivity index (χ3n) is 1.94. The lowest BCUT2D eigenvalue weighted by Crippen LogP contribution is -2.23. The van der Waals surface area contributed by atoms with Crippen LogP contribution in [0.1, 0.15) is 5.56 Å². The van der Waals surface area contributed by atoms with Crippen molar-refractivity contribution < 1.29 is 14.6 Å². The van der Waals surface area contributed by atoms with E-state index >= 15 is 0 Å². The summed E-state index contributed by atoms with van der Waals surface area (Å²) in [7, 11) is 0. The molecule has 0 radical (unpaired) electrons. The maximum atomic E-state index is 13.6. The van der Waals surface area contributed by atoms with E-state index in [4.69, 9.17) is 15.5 Å². The number of halogens is 2. The van der Waals surface area contributed by atoms with Crippen LogP contribution in [0.4, 0.5) is 10.1 Å². The van der Waals surface area contributed by atoms with Gasteiger partial charge in [0.2, 0.25) is 0 Å². The number of nitrogens with one attached hydrogen (secondary N) is 1. The Labute approximate surface area is 100 Å². The van der Waals surface area contributed by atoms with Gasteiger partial charge >= 0.3 is 0 Å². The monoisotopic (exact) mass is 288 g/mol. The van der Waals surface area contributed by atoms with Gasteiger partial charge in [-0.25, -0.2) is 4.39 Å². The minimum atomic E-state index is -0.950. The first-order chi connectivity index (χ1) is 7.60. The molecule has 0 fully saturated rings. The molecule has 0 aliphatic rings. The van der Waals surface area contributed by atoms with Crippen molar-refractivity contribution in [3.63, 3.8) is 0 Å². The van der Waals surface area contributed by atoms with E-state index in [0.29, 0.717) is 0 Å². The summed E-state index contributed by atoms with van der Waals surface area (Å²) in [4.78, 5) is 0. The molecule has 0 bridgehead atoms. The fourth-order valence-electron chi connectivity index (χ4n) is 1.06. The summed E-state index contributed by atoms with van der Waals surface area (Å²) in [6.45, 7) is -0.363. The summed E-state index contributed by atoms with van der Waals surface area (Å²) in [5.41, 5.74) is 0.365. The van der Waals surface area contributed by atoms with Crippen LogP contribution in [0.25, 0.3) is 0 Å². The van der Waals surface area contributed by atoms with Crippen molar-refractivity contribution in [1.29, 1.82) is 5.26 Å². The smallest absolute Gasteiger partial charge is 0.161 e. The number of hydrogen-bond donors (Lipinski definition) is 3. The minimum Gasteiger partial charge on any atom is -0.394 e. The van der Waals surface area contributed by atoms with E-state index in [2.05, 4.69) is 21.2 Å². The van der Waals surface area contributed by atoms with Crippen LogP contribution in [0.2, 0.25) is 0 Å². The van der Waals surface area contributed by atoms with Crippen LogP contribution in [-0.2, 0) is 0 Å². The molecule has 0 spiro atoms. The van der Waals surface area contributed by atoms with Crippen molar-refractivity contribution in [2.45, 2.75) is 6.10 Å². The van der Waals surface area contributed by atoms with E-state index in [1.54, 1.807) is 0 Å². The van der Waals surface area contributed by atoms with Gasteiger partial charge in [-0.1, -0.05) is 0 Å². The molecule has 0 aromatic heterocycles. The predicted molar refractivity (Wildman–Crippen MR) is 60.4 cm³/mol. The largest absolute Gasteiger partial charge is 0.394 e. The number of hydrogen-bond acceptors (Lipinski definition) is 4. The Balaban J connectivity index is 2.84. The Morgan fingerprint density at radius 3 is 2.81 bits per heavy atom. The van der Waals surface area contributed by atoms with Crippen LogP contribution in [0.15, 0.2) is 16.6 Å². The molecule has 16 heavy (non-hydrogen) atoms. The zero-order chi connectivity index (χ0) is 12.1. The summed E-state index contributed by atoms with van der Waals surface area (Å²) in [5.74, 6) is -0.593. The van der Waals surface area contributed by atoms with Crippen molar-refractivity contribution in [1.82, 2.24) is 0 Å². The maximum absolute atomic E-state index is 13.6. The Hall–Kier alpha value is -1.16. The van der Waals surface area contributed by atoms with Gasteiger partial charge in [-0.3, -0.25) is 0 Å². The highest BCUT2D eigenvalue weighted by molar-refractivity contribution is 9.10. The molecule has 0 aliphatic carbocycles. The van der Waals surface area contributed by atoms with E-state index in [9.17, 15) is 4.39 Å². The summed E-state index contributed by atoms with van der Waals surface area (Å²) in [6.07, 6.45) is -0.950. The van der Waals surface area contributed by atoms with E-state index in [1.807, 2.05) is 6.07 Å². The average Bonchev–Trinajstić information content (AvgIpc) is 2.30. The zero-order valence-corrected chi connectivity index (χ0v) is 9.83. The second kappa shape index (κ2) is 5.80. The van der Waals surface area contributed by atoms with E-state index in [1.165, 1.54) is 12.1 Å². The normalized spacial score (nSPS) is 11.9. The van der Waals surface area contributed by atoms with E-state index in [0.717, 1.165) is 0 Å². The summed E-state index contributed by atoms with van der Waals surface area (Å²) >= 11 is 2.97. The van der Waals surface area contributed by atoms with Gasteiger partial charge in [-0.2, -0.15) is 5.26 Å². The molecular weight excluding hydrogens is 279 g/mol. The second-order valence-electron chi connectivity index (χ2n) is 3.12. The number of benzene rings is 1. The number of anilines is 1. The quantitative estimate of drug-likeness (QED) is 0.779. The number of rotatable bonds is 4. The van der Waals surface area contributed by atoms with Gasteiger partial charge in [-0.15, -0.1) is 0 Å². The van der Waals surface area contributed by atoms with Crippen molar-refractivity contribution in [3.8, 4) is 6.07 Å². The number of aliphatic hydroxyl groups is 2. The van der Waals surface area contributed by atoms with Gasteiger partial charge < -0.3 is 15.5 Å². The number of aliphatic hydroxyl groups excluding tert-OH is 2. The standard InChI is InChI=1S/C10H10BrFN2O2/c11-9-6(3-13)1-2-8(10(9)12)14-4-7(16)5-15/h1-2,7,14-16H,4-5H2. The predicted octanol–water partition coefficient (Wildman–Crippen LogP) is 1.22. The lowest BCUT2D eigenvalue weighted by molar-refractivity contribution is 0.105. The van der Waals surface area contributed by atoms with Gasteiger partial charge in [0.15, 0.2) is 5.82 Å². The molecule has 86 valence electrons. The van der Waals surface area contributed by atoms with Crippen LogP contribution in [0.5, 0.6) is 0 Å². The molecule has 1 rings (SSSR count). The lowest BCUT2D eigenvalue weighted by Gasteiger charge is -2.11. The minimum absolute atomic E-state index is 0.0335. The van der Waals surface area contributed by atoms with Crippen molar-refractivity contribution >= 4 is 21.6 Å². The molecule has 6 heteroatoms.